The second kappa shape index (κ2) is 9.58. The number of ether oxygens (including phenoxy) is 2. The first-order valence-electron chi connectivity index (χ1n) is 8.80. The molecule has 0 bridgehead atoms. The summed E-state index contributed by atoms with van der Waals surface area (Å²) in [7, 11) is 1.56. The van der Waals surface area contributed by atoms with Crippen LogP contribution in [0.25, 0.3) is 6.08 Å². The molecule has 1 N–H and O–H groups in total. The van der Waals surface area contributed by atoms with E-state index in [0.29, 0.717) is 27.3 Å². The monoisotopic (exact) mass is 429 g/mol. The van der Waals surface area contributed by atoms with Crippen molar-refractivity contribution in [1.82, 2.24) is 4.90 Å². The van der Waals surface area contributed by atoms with Crippen LogP contribution in [0.3, 0.4) is 0 Å². The van der Waals surface area contributed by atoms with Crippen LogP contribution in [0.1, 0.15) is 17.5 Å². The Morgan fingerprint density at radius 2 is 1.97 bits per heavy atom. The molecule has 6 nitrogen and oxygen atoms in total. The Morgan fingerprint density at radius 3 is 2.66 bits per heavy atom. The van der Waals surface area contributed by atoms with E-state index in [-0.39, 0.29) is 18.9 Å². The molecule has 0 atom stereocenters. The molecule has 2 aromatic rings. The lowest BCUT2D eigenvalue weighted by Crippen LogP contribution is -2.30. The maximum Gasteiger partial charge on any atom is 0.305 e. The Bertz CT molecular complexity index is 959. The molecule has 0 aliphatic carbocycles. The molecule has 29 heavy (non-hydrogen) atoms. The van der Waals surface area contributed by atoms with Gasteiger partial charge in [0, 0.05) is 6.54 Å². The summed E-state index contributed by atoms with van der Waals surface area (Å²) in [5.74, 6) is -0.109. The number of nitrogens with zero attached hydrogens (tertiary/aromatic N) is 1. The van der Waals surface area contributed by atoms with E-state index in [2.05, 4.69) is 0 Å². The Balaban J connectivity index is 1.73. The average molecular weight is 430 g/mol. The highest BCUT2D eigenvalue weighted by Crippen LogP contribution is 2.35. The van der Waals surface area contributed by atoms with Crippen LogP contribution in [0.4, 0.5) is 0 Å². The third kappa shape index (κ3) is 5.36. The van der Waals surface area contributed by atoms with Crippen molar-refractivity contribution in [2.24, 2.45) is 0 Å². The summed E-state index contributed by atoms with van der Waals surface area (Å²) in [6, 6.07) is 15.2. The molecule has 0 radical (unpaired) electrons. The van der Waals surface area contributed by atoms with Crippen LogP contribution in [-0.2, 0) is 16.2 Å². The van der Waals surface area contributed by atoms with Gasteiger partial charge >= 0.3 is 5.97 Å². The van der Waals surface area contributed by atoms with Crippen molar-refractivity contribution in [2.45, 2.75) is 13.0 Å². The van der Waals surface area contributed by atoms with E-state index >= 15 is 0 Å². The molecule has 1 aliphatic heterocycles. The molecule has 1 fully saturated rings. The minimum absolute atomic E-state index is 0.0624. The van der Waals surface area contributed by atoms with Gasteiger partial charge in [-0.1, -0.05) is 60.4 Å². The first-order chi connectivity index (χ1) is 14.0. The quantitative estimate of drug-likeness (QED) is 0.503. The smallest absolute Gasteiger partial charge is 0.305 e. The zero-order valence-electron chi connectivity index (χ0n) is 15.7. The van der Waals surface area contributed by atoms with Crippen LogP contribution in [0.2, 0.25) is 0 Å². The zero-order chi connectivity index (χ0) is 20.8. The molecule has 0 unspecified atom stereocenters. The lowest BCUT2D eigenvalue weighted by atomic mass is 10.1. The molecule has 0 saturated carbocycles. The van der Waals surface area contributed by atoms with Gasteiger partial charge in [-0.05, 0) is 29.3 Å². The van der Waals surface area contributed by atoms with Crippen molar-refractivity contribution >= 4 is 46.3 Å². The van der Waals surface area contributed by atoms with Gasteiger partial charge in [0.25, 0.3) is 5.91 Å². The van der Waals surface area contributed by atoms with Crippen molar-refractivity contribution < 1.29 is 24.2 Å². The zero-order valence-corrected chi connectivity index (χ0v) is 17.3. The van der Waals surface area contributed by atoms with E-state index in [1.807, 2.05) is 36.4 Å². The predicted molar refractivity (Wildman–Crippen MR) is 116 cm³/mol. The van der Waals surface area contributed by atoms with Crippen LogP contribution in [0.15, 0.2) is 53.4 Å². The normalized spacial score (nSPS) is 15.1. The molecule has 0 spiro atoms. The number of aliphatic carboxylic acids is 1. The Morgan fingerprint density at radius 1 is 1.21 bits per heavy atom. The van der Waals surface area contributed by atoms with Gasteiger partial charge in [0.2, 0.25) is 0 Å². The Labute approximate surface area is 178 Å². The molecule has 1 heterocycles. The number of thiocarbonyl (C=S) groups is 1. The third-order valence-corrected chi connectivity index (χ3v) is 5.52. The summed E-state index contributed by atoms with van der Waals surface area (Å²) in [6.07, 6.45) is 1.56. The number of amides is 1. The van der Waals surface area contributed by atoms with E-state index in [0.717, 1.165) is 22.9 Å². The fourth-order valence-electron chi connectivity index (χ4n) is 2.68. The molecular formula is C21H19NO5S2. The lowest BCUT2D eigenvalue weighted by Gasteiger charge is -2.12. The SMILES string of the molecule is COc1cc(/C=C2\SC(=S)N(CCC(=O)O)C2=O)ccc1OCc1ccccc1. The van der Waals surface area contributed by atoms with Crippen LogP contribution >= 0.6 is 24.0 Å². The fourth-order valence-corrected chi connectivity index (χ4v) is 3.99. The number of carboxylic acids is 1. The summed E-state index contributed by atoms with van der Waals surface area (Å²) >= 11 is 6.36. The number of hydrogen-bond donors (Lipinski definition) is 1. The highest BCUT2D eigenvalue weighted by molar-refractivity contribution is 8.26. The van der Waals surface area contributed by atoms with E-state index in [9.17, 15) is 9.59 Å². The second-order valence-corrected chi connectivity index (χ2v) is 7.84. The summed E-state index contributed by atoms with van der Waals surface area (Å²) in [4.78, 5) is 25.0. The van der Waals surface area contributed by atoms with Crippen LogP contribution in [0.5, 0.6) is 11.5 Å². The second-order valence-electron chi connectivity index (χ2n) is 6.16. The minimum atomic E-state index is -0.973. The summed E-state index contributed by atoms with van der Waals surface area (Å²) in [6.45, 7) is 0.478. The highest BCUT2D eigenvalue weighted by atomic mass is 32.2. The van der Waals surface area contributed by atoms with E-state index in [1.165, 1.54) is 4.90 Å². The van der Waals surface area contributed by atoms with Gasteiger partial charge < -0.3 is 14.6 Å². The minimum Gasteiger partial charge on any atom is -0.493 e. The van der Waals surface area contributed by atoms with Crippen LogP contribution in [-0.4, -0.2) is 39.9 Å². The number of carbonyl (C=O) groups excluding carboxylic acids is 1. The Hall–Kier alpha value is -2.84. The number of benzene rings is 2. The average Bonchev–Trinajstić information content (AvgIpc) is 2.98. The number of thioether (sulfide) groups is 1. The number of carbonyl (C=O) groups is 2. The van der Waals surface area contributed by atoms with Crippen molar-refractivity contribution in [2.75, 3.05) is 13.7 Å². The van der Waals surface area contributed by atoms with E-state index < -0.39 is 5.97 Å². The molecule has 0 aromatic heterocycles. The van der Waals surface area contributed by atoms with Gasteiger partial charge in [-0.2, -0.15) is 0 Å². The number of methoxy groups -OCH3 is 1. The highest BCUT2D eigenvalue weighted by Gasteiger charge is 2.32. The summed E-state index contributed by atoms with van der Waals surface area (Å²) < 4.78 is 11.6. The van der Waals surface area contributed by atoms with Crippen LogP contribution in [0, 0.1) is 0 Å². The van der Waals surface area contributed by atoms with Crippen molar-refractivity contribution in [3.05, 3.63) is 64.6 Å². The number of carboxylic acid groups (broad SMARTS) is 1. The summed E-state index contributed by atoms with van der Waals surface area (Å²) in [5.41, 5.74) is 1.80. The van der Waals surface area contributed by atoms with Crippen molar-refractivity contribution in [3.8, 4) is 11.5 Å². The van der Waals surface area contributed by atoms with Gasteiger partial charge in [0.15, 0.2) is 11.5 Å². The molecule has 1 aliphatic rings. The van der Waals surface area contributed by atoms with Gasteiger partial charge in [-0.3, -0.25) is 14.5 Å². The molecule has 8 heteroatoms. The van der Waals surface area contributed by atoms with Gasteiger partial charge in [-0.15, -0.1) is 0 Å². The maximum absolute atomic E-state index is 12.5. The van der Waals surface area contributed by atoms with Gasteiger partial charge in [0.1, 0.15) is 10.9 Å². The van der Waals surface area contributed by atoms with Crippen LogP contribution < -0.4 is 9.47 Å². The molecule has 3 rings (SSSR count). The first-order valence-corrected chi connectivity index (χ1v) is 10.0. The van der Waals surface area contributed by atoms with Gasteiger partial charge in [-0.25, -0.2) is 0 Å². The third-order valence-electron chi connectivity index (χ3n) is 4.15. The number of hydrogen-bond acceptors (Lipinski definition) is 6. The van der Waals surface area contributed by atoms with E-state index in [1.54, 1.807) is 25.3 Å². The van der Waals surface area contributed by atoms with E-state index in [4.69, 9.17) is 26.8 Å². The molecule has 1 amide bonds. The van der Waals surface area contributed by atoms with Gasteiger partial charge in [0.05, 0.1) is 18.4 Å². The molecule has 1 saturated heterocycles. The summed E-state index contributed by atoms with van der Waals surface area (Å²) in [5, 5.41) is 8.82. The Kier molecular flexibility index (Phi) is 6.90. The standard InChI is InChI=1S/C21H19NO5S2/c1-26-17-11-15(7-8-16(17)27-13-14-5-3-2-4-6-14)12-18-20(25)22(21(28)29-18)10-9-19(23)24/h2-8,11-12H,9-10,13H2,1H3,(H,23,24)/b18-12-. The van der Waals surface area contributed by atoms with Crippen molar-refractivity contribution in [1.29, 1.82) is 0 Å². The molecule has 2 aromatic carbocycles. The fraction of sp³-hybridized carbons (Fsp3) is 0.190. The maximum atomic E-state index is 12.5. The van der Waals surface area contributed by atoms with Crippen molar-refractivity contribution in [3.63, 3.8) is 0 Å². The molecule has 150 valence electrons. The number of rotatable bonds is 8. The topological polar surface area (TPSA) is 76.1 Å². The lowest BCUT2D eigenvalue weighted by molar-refractivity contribution is -0.137. The first kappa shape index (κ1) is 20.9. The molecular weight excluding hydrogens is 410 g/mol. The largest absolute Gasteiger partial charge is 0.493 e. The predicted octanol–water partition coefficient (Wildman–Crippen LogP) is 3.95.